The number of carbonyl (C=O) groups is 1. The summed E-state index contributed by atoms with van der Waals surface area (Å²) in [5, 5.41) is 16.0. The molecule has 5 rings (SSSR count). The number of allylic oxidation sites excluding steroid dienone is 2. The molecule has 4 aromatic carbocycles. The number of aliphatic hydroxyl groups excluding tert-OH is 1. The normalized spacial score (nSPS) is 11.4. The van der Waals surface area contributed by atoms with Crippen LogP contribution < -0.4 is 0 Å². The van der Waals surface area contributed by atoms with Crippen molar-refractivity contribution in [2.75, 3.05) is 0 Å². The predicted octanol–water partition coefficient (Wildman–Crippen LogP) is 9.33. The fourth-order valence-corrected chi connectivity index (χ4v) is 5.18. The number of pyridine rings is 1. The molecule has 0 unspecified atom stereocenters. The molecule has 5 aromatic rings. The second kappa shape index (κ2) is 13.6. The first-order valence-electron chi connectivity index (χ1n) is 13.4. The van der Waals surface area contributed by atoms with Crippen LogP contribution in [0.25, 0.3) is 43.6 Å². The minimum Gasteiger partial charge on any atom is -0.512 e. The molecule has 1 N–H and O–H groups in total. The number of aryl methyl sites for hydroxylation is 1. The Balaban J connectivity index is 0.000000468. The topological polar surface area (TPSA) is 50.2 Å². The molecule has 1 aromatic heterocycles. The zero-order valence-corrected chi connectivity index (χ0v) is 25.7. The average Bonchev–Trinajstić information content (AvgIpc) is 2.90. The largest absolute Gasteiger partial charge is 0.512 e. The second-order valence-electron chi connectivity index (χ2n) is 10.1. The van der Waals surface area contributed by atoms with Gasteiger partial charge in [-0.3, -0.25) is 4.79 Å². The van der Waals surface area contributed by atoms with Crippen LogP contribution in [0.1, 0.15) is 51.7 Å². The predicted molar refractivity (Wildman–Crippen MR) is 161 cm³/mol. The molecule has 0 amide bonds. The summed E-state index contributed by atoms with van der Waals surface area (Å²) in [5.74, 6) is 0.649. The Kier molecular flexibility index (Phi) is 10.6. The number of fused-ring (bicyclic) bond motifs is 5. The summed E-state index contributed by atoms with van der Waals surface area (Å²) in [5.41, 5.74) is 4.71. The molecule has 3 nitrogen and oxygen atoms in total. The summed E-state index contributed by atoms with van der Waals surface area (Å²) in [6.45, 7) is 9.60. The Morgan fingerprint density at radius 2 is 1.54 bits per heavy atom. The number of nitrogens with zero attached hydrogens (tertiary/aromatic N) is 1. The molecule has 0 aliphatic rings. The SMILES string of the molecule is CC(=O)/C=C(/C)O.CCC(CC)Cc1[c-]c(-c2nccc3c2ccc2c4ccccc4ccc32)cc(C)c1.[Ir]. The molecule has 0 aliphatic carbocycles. The molecule has 0 atom stereocenters. The van der Waals surface area contributed by atoms with Gasteiger partial charge in [0.1, 0.15) is 0 Å². The smallest absolute Gasteiger partial charge is 0.155 e. The van der Waals surface area contributed by atoms with Gasteiger partial charge < -0.3 is 10.1 Å². The summed E-state index contributed by atoms with van der Waals surface area (Å²) >= 11 is 0. The van der Waals surface area contributed by atoms with Crippen LogP contribution in [0.3, 0.4) is 0 Å². The Hall–Kier alpha value is -3.33. The monoisotopic (exact) mass is 695 g/mol. The van der Waals surface area contributed by atoms with Crippen LogP contribution in [0.4, 0.5) is 0 Å². The minimum absolute atomic E-state index is 0. The van der Waals surface area contributed by atoms with Crippen molar-refractivity contribution in [2.45, 2.75) is 53.9 Å². The van der Waals surface area contributed by atoms with E-state index in [2.05, 4.69) is 93.6 Å². The summed E-state index contributed by atoms with van der Waals surface area (Å²) in [6.07, 6.45) is 6.62. The number of ketones is 1. The van der Waals surface area contributed by atoms with Crippen molar-refractivity contribution in [1.29, 1.82) is 0 Å². The van der Waals surface area contributed by atoms with E-state index in [9.17, 15) is 4.79 Å². The maximum atomic E-state index is 10.0. The van der Waals surface area contributed by atoms with Crippen molar-refractivity contribution in [3.8, 4) is 11.3 Å². The summed E-state index contributed by atoms with van der Waals surface area (Å²) < 4.78 is 0. The van der Waals surface area contributed by atoms with E-state index in [0.717, 1.165) is 17.7 Å². The van der Waals surface area contributed by atoms with Crippen molar-refractivity contribution < 1.29 is 30.0 Å². The van der Waals surface area contributed by atoms with E-state index in [4.69, 9.17) is 10.1 Å². The van der Waals surface area contributed by atoms with Gasteiger partial charge in [-0.05, 0) is 70.3 Å². The third kappa shape index (κ3) is 7.20. The van der Waals surface area contributed by atoms with Crippen LogP contribution in [0.5, 0.6) is 0 Å². The van der Waals surface area contributed by atoms with Gasteiger partial charge in [-0.1, -0.05) is 82.1 Å². The van der Waals surface area contributed by atoms with E-state index in [1.807, 2.05) is 6.20 Å². The molecule has 0 saturated heterocycles. The Morgan fingerprint density at radius 3 is 2.21 bits per heavy atom. The van der Waals surface area contributed by atoms with E-state index >= 15 is 0 Å². The number of hydrogen-bond donors (Lipinski definition) is 1. The number of rotatable bonds is 6. The van der Waals surface area contributed by atoms with Crippen LogP contribution in [-0.4, -0.2) is 15.9 Å². The van der Waals surface area contributed by atoms with Crippen molar-refractivity contribution in [3.05, 3.63) is 102 Å². The molecule has 39 heavy (non-hydrogen) atoms. The Bertz CT molecular complexity index is 1630. The zero-order chi connectivity index (χ0) is 27.2. The van der Waals surface area contributed by atoms with Crippen LogP contribution in [0.2, 0.25) is 0 Å². The van der Waals surface area contributed by atoms with Gasteiger partial charge in [0.15, 0.2) is 5.78 Å². The molecule has 1 radical (unpaired) electrons. The molecule has 0 fully saturated rings. The van der Waals surface area contributed by atoms with Gasteiger partial charge in [0.25, 0.3) is 0 Å². The number of benzene rings is 4. The Morgan fingerprint density at radius 1 is 0.897 bits per heavy atom. The number of aromatic nitrogens is 1. The first-order valence-corrected chi connectivity index (χ1v) is 13.4. The van der Waals surface area contributed by atoms with Crippen LogP contribution in [0.15, 0.2) is 84.8 Å². The van der Waals surface area contributed by atoms with Gasteiger partial charge in [0.2, 0.25) is 0 Å². The number of hydrogen-bond acceptors (Lipinski definition) is 3. The van der Waals surface area contributed by atoms with E-state index in [1.54, 1.807) is 0 Å². The maximum Gasteiger partial charge on any atom is 0.155 e. The van der Waals surface area contributed by atoms with E-state index in [0.29, 0.717) is 5.92 Å². The van der Waals surface area contributed by atoms with Gasteiger partial charge in [-0.25, -0.2) is 0 Å². The van der Waals surface area contributed by atoms with Gasteiger partial charge in [0.05, 0.1) is 5.76 Å². The van der Waals surface area contributed by atoms with E-state index < -0.39 is 0 Å². The fraction of sp³-hybridized carbons (Fsp3) is 0.257. The summed E-state index contributed by atoms with van der Waals surface area (Å²) in [6, 6.07) is 28.0. The molecule has 1 heterocycles. The van der Waals surface area contributed by atoms with Gasteiger partial charge in [-0.2, -0.15) is 0 Å². The molecular formula is C35H36IrNO2-. The zero-order valence-electron chi connectivity index (χ0n) is 23.3. The standard InChI is InChI=1S/C30H28N.C5H8O2.Ir/c1-4-21(5-2)18-22-16-20(3)17-24(19-22)30-29-13-12-26-25-9-7-6-8-23(25)10-11-27(26)28(29)14-15-31-30;1-4(6)3-5(2)7;/h6-17,21H,4-5,18H2,1-3H3;3,6H,1-2H3;/q-1;;/b;4-3-;. The van der Waals surface area contributed by atoms with Crippen molar-refractivity contribution in [3.63, 3.8) is 0 Å². The van der Waals surface area contributed by atoms with Crippen LogP contribution in [0, 0.1) is 18.9 Å². The quantitative estimate of drug-likeness (QED) is 0.0835. The van der Waals surface area contributed by atoms with Crippen molar-refractivity contribution in [2.24, 2.45) is 5.92 Å². The molecule has 4 heteroatoms. The number of carbonyl (C=O) groups excluding carboxylic acids is 1. The van der Waals surface area contributed by atoms with Crippen LogP contribution >= 0.6 is 0 Å². The molecular weight excluding hydrogens is 659 g/mol. The summed E-state index contributed by atoms with van der Waals surface area (Å²) in [7, 11) is 0. The number of aliphatic hydroxyl groups is 1. The van der Waals surface area contributed by atoms with E-state index in [1.165, 1.54) is 76.2 Å². The first-order chi connectivity index (χ1) is 18.3. The molecule has 0 aliphatic heterocycles. The van der Waals surface area contributed by atoms with Crippen molar-refractivity contribution >= 4 is 38.1 Å². The minimum atomic E-state index is -0.125. The third-order valence-corrected chi connectivity index (χ3v) is 7.07. The average molecular weight is 695 g/mol. The summed E-state index contributed by atoms with van der Waals surface area (Å²) in [4.78, 5) is 14.8. The molecule has 0 bridgehead atoms. The third-order valence-electron chi connectivity index (χ3n) is 7.07. The Labute approximate surface area is 245 Å². The first kappa shape index (κ1) is 30.2. The van der Waals surface area contributed by atoms with Gasteiger partial charge in [0, 0.05) is 32.4 Å². The molecule has 203 valence electrons. The van der Waals surface area contributed by atoms with Crippen molar-refractivity contribution in [1.82, 2.24) is 4.98 Å². The van der Waals surface area contributed by atoms with E-state index in [-0.39, 0.29) is 31.6 Å². The maximum absolute atomic E-state index is 10.0. The molecule has 0 spiro atoms. The fourth-order valence-electron chi connectivity index (χ4n) is 5.18. The second-order valence-corrected chi connectivity index (χ2v) is 10.1. The molecule has 0 saturated carbocycles. The van der Waals surface area contributed by atoms with Crippen LogP contribution in [-0.2, 0) is 31.3 Å². The van der Waals surface area contributed by atoms with Gasteiger partial charge in [-0.15, -0.1) is 34.9 Å². The van der Waals surface area contributed by atoms with Gasteiger partial charge >= 0.3 is 0 Å².